The van der Waals surface area contributed by atoms with Gasteiger partial charge in [-0.2, -0.15) is 9.78 Å². The van der Waals surface area contributed by atoms with Crippen LogP contribution in [0.2, 0.25) is 10.0 Å². The molecule has 0 N–H and O–H groups in total. The van der Waals surface area contributed by atoms with Crippen LogP contribution >= 0.6 is 35.0 Å². The third-order valence-corrected chi connectivity index (χ3v) is 4.33. The van der Waals surface area contributed by atoms with Crippen LogP contribution in [0.25, 0.3) is 0 Å². The van der Waals surface area contributed by atoms with Gasteiger partial charge in [-0.1, -0.05) is 23.2 Å². The standard InChI is InChI=1S/C13H14Cl2N4OS/c1-3-18(4-2)13(20)19-8-10(15)12(17-19)21-11-6-5-9(14)7-16-11/h5-8H,3-4H2,1-2H3. The lowest BCUT2D eigenvalue weighted by Crippen LogP contribution is -2.34. The zero-order valence-electron chi connectivity index (χ0n) is 11.6. The van der Waals surface area contributed by atoms with Crippen LogP contribution in [0.15, 0.2) is 34.6 Å². The molecule has 0 aliphatic rings. The third-order valence-electron chi connectivity index (χ3n) is 2.77. The van der Waals surface area contributed by atoms with Crippen molar-refractivity contribution in [2.75, 3.05) is 13.1 Å². The summed E-state index contributed by atoms with van der Waals surface area (Å²) in [4.78, 5) is 18.0. The highest BCUT2D eigenvalue weighted by atomic mass is 35.5. The summed E-state index contributed by atoms with van der Waals surface area (Å²) >= 11 is 13.2. The Kier molecular flexibility index (Phi) is 5.50. The molecule has 0 saturated heterocycles. The summed E-state index contributed by atoms with van der Waals surface area (Å²) in [6, 6.07) is 3.31. The van der Waals surface area contributed by atoms with E-state index in [1.807, 2.05) is 13.8 Å². The molecule has 0 aromatic carbocycles. The van der Waals surface area contributed by atoms with Gasteiger partial charge in [-0.25, -0.2) is 9.78 Å². The Bertz CT molecular complexity index is 626. The molecule has 0 atom stereocenters. The molecule has 0 aliphatic heterocycles. The first-order valence-corrected chi connectivity index (χ1v) is 7.96. The fraction of sp³-hybridized carbons (Fsp3) is 0.308. The summed E-state index contributed by atoms with van der Waals surface area (Å²) in [6.07, 6.45) is 3.07. The highest BCUT2D eigenvalue weighted by Crippen LogP contribution is 2.31. The summed E-state index contributed by atoms with van der Waals surface area (Å²) in [6.45, 7) is 5.07. The lowest BCUT2D eigenvalue weighted by atomic mass is 10.5. The summed E-state index contributed by atoms with van der Waals surface area (Å²) in [5.41, 5.74) is 0. The number of rotatable bonds is 4. The maximum atomic E-state index is 12.2. The van der Waals surface area contributed by atoms with E-state index in [9.17, 15) is 4.79 Å². The van der Waals surface area contributed by atoms with Crippen LogP contribution in [-0.4, -0.2) is 38.8 Å². The maximum absolute atomic E-state index is 12.2. The first-order valence-electron chi connectivity index (χ1n) is 6.39. The van der Waals surface area contributed by atoms with Gasteiger partial charge in [-0.3, -0.25) is 0 Å². The Morgan fingerprint density at radius 2 is 2.05 bits per heavy atom. The molecule has 112 valence electrons. The minimum Gasteiger partial charge on any atom is -0.323 e. The van der Waals surface area contributed by atoms with Crippen molar-refractivity contribution in [1.29, 1.82) is 0 Å². The summed E-state index contributed by atoms with van der Waals surface area (Å²) < 4.78 is 1.26. The summed E-state index contributed by atoms with van der Waals surface area (Å²) in [5.74, 6) is 0. The molecule has 0 aliphatic carbocycles. The topological polar surface area (TPSA) is 51.0 Å². The molecular weight excluding hydrogens is 331 g/mol. The molecule has 2 aromatic rings. The van der Waals surface area contributed by atoms with Gasteiger partial charge in [0.15, 0.2) is 0 Å². The SMILES string of the molecule is CCN(CC)C(=O)n1cc(Cl)c(Sc2ccc(Cl)cn2)n1. The van der Waals surface area contributed by atoms with Gasteiger partial charge < -0.3 is 4.90 Å². The molecule has 2 rings (SSSR count). The van der Waals surface area contributed by atoms with Gasteiger partial charge in [0.05, 0.1) is 16.2 Å². The zero-order valence-corrected chi connectivity index (χ0v) is 13.9. The van der Waals surface area contributed by atoms with Crippen molar-refractivity contribution in [3.8, 4) is 0 Å². The van der Waals surface area contributed by atoms with Gasteiger partial charge in [-0.15, -0.1) is 0 Å². The van der Waals surface area contributed by atoms with E-state index >= 15 is 0 Å². The lowest BCUT2D eigenvalue weighted by molar-refractivity contribution is 0.201. The number of hydrogen-bond donors (Lipinski definition) is 0. The number of hydrogen-bond acceptors (Lipinski definition) is 4. The van der Waals surface area contributed by atoms with E-state index in [2.05, 4.69) is 10.1 Å². The van der Waals surface area contributed by atoms with E-state index in [0.29, 0.717) is 33.2 Å². The number of pyridine rings is 1. The first kappa shape index (κ1) is 16.1. The van der Waals surface area contributed by atoms with Crippen molar-refractivity contribution in [1.82, 2.24) is 19.7 Å². The Balaban J connectivity index is 2.19. The minimum atomic E-state index is -0.196. The molecule has 0 saturated carbocycles. The number of carbonyl (C=O) groups is 1. The molecule has 8 heteroatoms. The molecule has 21 heavy (non-hydrogen) atoms. The van der Waals surface area contributed by atoms with Crippen molar-refractivity contribution in [3.63, 3.8) is 0 Å². The minimum absolute atomic E-state index is 0.196. The van der Waals surface area contributed by atoms with Crippen LogP contribution in [0.4, 0.5) is 4.79 Å². The molecule has 0 fully saturated rings. The Hall–Kier alpha value is -1.24. The highest BCUT2D eigenvalue weighted by molar-refractivity contribution is 7.99. The third kappa shape index (κ3) is 3.90. The first-order chi connectivity index (χ1) is 10.0. The molecular formula is C13H14Cl2N4OS. The fourth-order valence-corrected chi connectivity index (χ4v) is 2.74. The zero-order chi connectivity index (χ0) is 15.4. The highest BCUT2D eigenvalue weighted by Gasteiger charge is 2.17. The van der Waals surface area contributed by atoms with Gasteiger partial charge in [0.1, 0.15) is 10.1 Å². The van der Waals surface area contributed by atoms with Crippen molar-refractivity contribution >= 4 is 41.0 Å². The largest absolute Gasteiger partial charge is 0.344 e. The van der Waals surface area contributed by atoms with Crippen LogP contribution < -0.4 is 0 Å². The molecule has 0 unspecified atom stereocenters. The number of amides is 1. The van der Waals surface area contributed by atoms with E-state index in [4.69, 9.17) is 23.2 Å². The predicted octanol–water partition coefficient (Wildman–Crippen LogP) is 4.05. The van der Waals surface area contributed by atoms with E-state index in [1.165, 1.54) is 22.6 Å². The van der Waals surface area contributed by atoms with Gasteiger partial charge >= 0.3 is 6.03 Å². The normalized spacial score (nSPS) is 10.7. The van der Waals surface area contributed by atoms with Gasteiger partial charge in [0.25, 0.3) is 0 Å². The number of nitrogens with zero attached hydrogens (tertiary/aromatic N) is 4. The molecule has 5 nitrogen and oxygen atoms in total. The molecule has 2 heterocycles. The lowest BCUT2D eigenvalue weighted by Gasteiger charge is -2.17. The van der Waals surface area contributed by atoms with E-state index in [0.717, 1.165) is 0 Å². The number of halogens is 2. The number of carbonyl (C=O) groups excluding carboxylic acids is 1. The van der Waals surface area contributed by atoms with Crippen LogP contribution in [0.5, 0.6) is 0 Å². The van der Waals surface area contributed by atoms with Crippen LogP contribution in [0, 0.1) is 0 Å². The second kappa shape index (κ2) is 7.15. The van der Waals surface area contributed by atoms with Gasteiger partial charge in [-0.05, 0) is 37.7 Å². The molecule has 0 bridgehead atoms. The summed E-state index contributed by atoms with van der Waals surface area (Å²) in [5, 5.41) is 6.45. The summed E-state index contributed by atoms with van der Waals surface area (Å²) in [7, 11) is 0. The van der Waals surface area contributed by atoms with Gasteiger partial charge in [0.2, 0.25) is 0 Å². The second-order valence-electron chi connectivity index (χ2n) is 4.10. The molecule has 0 spiro atoms. The smallest absolute Gasteiger partial charge is 0.323 e. The van der Waals surface area contributed by atoms with Crippen molar-refractivity contribution in [2.45, 2.75) is 23.9 Å². The van der Waals surface area contributed by atoms with E-state index < -0.39 is 0 Å². The van der Waals surface area contributed by atoms with Crippen molar-refractivity contribution < 1.29 is 4.79 Å². The average Bonchev–Trinajstić information content (AvgIpc) is 2.84. The predicted molar refractivity (Wildman–Crippen MR) is 84.3 cm³/mol. The number of aromatic nitrogens is 3. The Morgan fingerprint density at radius 1 is 1.33 bits per heavy atom. The fourth-order valence-electron chi connectivity index (χ4n) is 1.66. The van der Waals surface area contributed by atoms with Crippen LogP contribution in [-0.2, 0) is 0 Å². The van der Waals surface area contributed by atoms with Gasteiger partial charge in [0, 0.05) is 19.3 Å². The van der Waals surface area contributed by atoms with Crippen LogP contribution in [0.1, 0.15) is 13.8 Å². The Morgan fingerprint density at radius 3 is 2.62 bits per heavy atom. The average molecular weight is 345 g/mol. The maximum Gasteiger partial charge on any atom is 0.344 e. The molecule has 2 aromatic heterocycles. The van der Waals surface area contributed by atoms with Crippen molar-refractivity contribution in [2.24, 2.45) is 0 Å². The van der Waals surface area contributed by atoms with Crippen molar-refractivity contribution in [3.05, 3.63) is 34.6 Å². The quantitative estimate of drug-likeness (QED) is 0.839. The molecule has 0 radical (unpaired) electrons. The van der Waals surface area contributed by atoms with E-state index in [1.54, 1.807) is 23.2 Å². The van der Waals surface area contributed by atoms with Crippen LogP contribution in [0.3, 0.4) is 0 Å². The van der Waals surface area contributed by atoms with E-state index in [-0.39, 0.29) is 6.03 Å². The Labute approximate surface area is 137 Å². The molecule has 1 amide bonds. The second-order valence-corrected chi connectivity index (χ2v) is 5.95. The monoisotopic (exact) mass is 344 g/mol.